The number of alkyl carbamates (subject to hydrolysis) is 1. The number of hydrogen-bond donors (Lipinski definition) is 1. The highest BCUT2D eigenvalue weighted by Crippen LogP contribution is 2.45. The molecule has 4 nitrogen and oxygen atoms in total. The van der Waals surface area contributed by atoms with Crippen molar-refractivity contribution in [1.82, 2.24) is 10.2 Å². The molecule has 3 aliphatic heterocycles. The Labute approximate surface area is 209 Å². The Kier molecular flexibility index (Phi) is 6.65. The molecular weight excluding hydrogens is 439 g/mol. The van der Waals surface area contributed by atoms with E-state index >= 15 is 4.39 Å². The predicted molar refractivity (Wildman–Crippen MR) is 138 cm³/mol. The second-order valence-electron chi connectivity index (χ2n) is 12.0. The minimum absolute atomic E-state index is 0.0403. The molecule has 0 aromatic heterocycles. The quantitative estimate of drug-likeness (QED) is 0.532. The lowest BCUT2D eigenvalue weighted by atomic mass is 9.70. The van der Waals surface area contributed by atoms with E-state index in [0.717, 1.165) is 68.4 Å². The number of halogens is 1. The van der Waals surface area contributed by atoms with Gasteiger partial charge >= 0.3 is 6.09 Å². The van der Waals surface area contributed by atoms with E-state index in [2.05, 4.69) is 50.0 Å². The van der Waals surface area contributed by atoms with Crippen LogP contribution in [0.3, 0.4) is 0 Å². The third kappa shape index (κ3) is 5.11. The van der Waals surface area contributed by atoms with Gasteiger partial charge in [0.05, 0.1) is 6.04 Å². The van der Waals surface area contributed by atoms with Crippen LogP contribution in [0.4, 0.5) is 9.18 Å². The highest BCUT2D eigenvalue weighted by molar-refractivity contribution is 5.70. The number of nitrogens with zero attached hydrogens (tertiary/aromatic N) is 1. The van der Waals surface area contributed by atoms with E-state index in [1.807, 2.05) is 18.2 Å². The number of rotatable bonds is 5. The Morgan fingerprint density at radius 3 is 2.51 bits per heavy atom. The second-order valence-corrected chi connectivity index (χ2v) is 12.0. The van der Waals surface area contributed by atoms with Gasteiger partial charge in [-0.15, -0.1) is 0 Å². The summed E-state index contributed by atoms with van der Waals surface area (Å²) >= 11 is 0. The summed E-state index contributed by atoms with van der Waals surface area (Å²) in [5.41, 5.74) is 4.61. The van der Waals surface area contributed by atoms with E-state index in [4.69, 9.17) is 4.74 Å². The first-order valence-electron chi connectivity index (χ1n) is 13.3. The van der Waals surface area contributed by atoms with E-state index in [-0.39, 0.29) is 29.5 Å². The summed E-state index contributed by atoms with van der Waals surface area (Å²) in [5, 5.41) is 3.14. The van der Waals surface area contributed by atoms with Gasteiger partial charge in [0.2, 0.25) is 0 Å². The number of fused-ring (bicyclic) bond motifs is 4. The van der Waals surface area contributed by atoms with Gasteiger partial charge in [-0.2, -0.15) is 0 Å². The summed E-state index contributed by atoms with van der Waals surface area (Å²) in [6.45, 7) is 11.7. The number of nitrogens with one attached hydrogen (secondary N) is 1. The molecule has 2 aromatic carbocycles. The number of benzene rings is 2. The molecule has 1 N–H and O–H groups in total. The summed E-state index contributed by atoms with van der Waals surface area (Å²) in [6, 6.07) is 11.6. The van der Waals surface area contributed by atoms with Crippen LogP contribution in [0, 0.1) is 23.1 Å². The second kappa shape index (κ2) is 9.57. The normalized spacial score (nSPS) is 26.9. The lowest BCUT2D eigenvalue weighted by Crippen LogP contribution is -2.53. The lowest BCUT2D eigenvalue weighted by Gasteiger charge is -2.44. The molecule has 35 heavy (non-hydrogen) atoms. The van der Waals surface area contributed by atoms with Crippen molar-refractivity contribution < 1.29 is 13.9 Å². The summed E-state index contributed by atoms with van der Waals surface area (Å²) in [5.74, 6) is 0.812. The number of ether oxygens (including phenoxy) is 1. The van der Waals surface area contributed by atoms with Gasteiger partial charge in [0.1, 0.15) is 11.9 Å². The van der Waals surface area contributed by atoms with Crippen molar-refractivity contribution in [3.05, 3.63) is 58.9 Å². The maximum Gasteiger partial charge on any atom is 0.407 e. The van der Waals surface area contributed by atoms with E-state index in [0.29, 0.717) is 17.4 Å². The average molecular weight is 479 g/mol. The number of aryl methyl sites for hydroxylation is 1. The minimum Gasteiger partial charge on any atom is -0.445 e. The zero-order valence-electron chi connectivity index (χ0n) is 21.6. The van der Waals surface area contributed by atoms with Crippen LogP contribution in [0.15, 0.2) is 36.4 Å². The van der Waals surface area contributed by atoms with Crippen molar-refractivity contribution in [2.45, 2.75) is 71.9 Å². The Bertz CT molecular complexity index is 1070. The standard InChI is InChI=1S/C30H39FN2O2/c1-19(2)15-20-5-7-21(8-6-20)24-16-23-9-12-30(3,4)28(25(23)17-26(24)31)32-29(34)35-27-18-33-13-10-22(27)11-14-33/h5-8,16-17,19,22,27-28H,9-15,18H2,1-4H3,(H,32,34)/t27-,28+/m1/s1. The van der Waals surface area contributed by atoms with Gasteiger partial charge in [-0.1, -0.05) is 52.0 Å². The summed E-state index contributed by atoms with van der Waals surface area (Å²) in [4.78, 5) is 15.4. The highest BCUT2D eigenvalue weighted by atomic mass is 19.1. The van der Waals surface area contributed by atoms with Gasteiger partial charge in [-0.3, -0.25) is 4.90 Å². The zero-order chi connectivity index (χ0) is 24.7. The van der Waals surface area contributed by atoms with Gasteiger partial charge in [-0.25, -0.2) is 9.18 Å². The molecule has 6 rings (SSSR count). The molecule has 5 heteroatoms. The fourth-order valence-corrected chi connectivity index (χ4v) is 6.26. The molecule has 3 saturated heterocycles. The minimum atomic E-state index is -0.375. The van der Waals surface area contributed by atoms with Gasteiger partial charge < -0.3 is 10.1 Å². The molecule has 0 spiro atoms. The van der Waals surface area contributed by atoms with Gasteiger partial charge in [0.25, 0.3) is 0 Å². The monoisotopic (exact) mass is 478 g/mol. The molecule has 4 aliphatic rings. The summed E-state index contributed by atoms with van der Waals surface area (Å²) < 4.78 is 21.4. The van der Waals surface area contributed by atoms with Crippen molar-refractivity contribution in [3.63, 3.8) is 0 Å². The Balaban J connectivity index is 1.36. The molecule has 188 valence electrons. The van der Waals surface area contributed by atoms with E-state index in [1.54, 1.807) is 6.07 Å². The van der Waals surface area contributed by atoms with Crippen LogP contribution in [0.2, 0.25) is 0 Å². The lowest BCUT2D eigenvalue weighted by molar-refractivity contribution is -0.0353. The third-order valence-electron chi connectivity index (χ3n) is 8.39. The summed E-state index contributed by atoms with van der Waals surface area (Å²) in [6.07, 6.45) is 4.59. The predicted octanol–water partition coefficient (Wildman–Crippen LogP) is 6.53. The topological polar surface area (TPSA) is 41.6 Å². The van der Waals surface area contributed by atoms with Crippen molar-refractivity contribution in [2.24, 2.45) is 17.3 Å². The van der Waals surface area contributed by atoms with Crippen LogP contribution in [0.1, 0.15) is 69.7 Å². The number of amides is 1. The fraction of sp³-hybridized carbons (Fsp3) is 0.567. The Hall–Kier alpha value is -2.40. The first-order valence-corrected chi connectivity index (χ1v) is 13.3. The maximum absolute atomic E-state index is 15.5. The van der Waals surface area contributed by atoms with Gasteiger partial charge in [0.15, 0.2) is 0 Å². The molecule has 2 bridgehead atoms. The molecule has 0 saturated carbocycles. The first-order chi connectivity index (χ1) is 16.7. The zero-order valence-corrected chi connectivity index (χ0v) is 21.6. The van der Waals surface area contributed by atoms with Crippen molar-refractivity contribution in [3.8, 4) is 11.1 Å². The number of piperidine rings is 3. The van der Waals surface area contributed by atoms with Crippen LogP contribution >= 0.6 is 0 Å². The molecule has 3 heterocycles. The molecule has 0 radical (unpaired) electrons. The van der Waals surface area contributed by atoms with Crippen molar-refractivity contribution >= 4 is 6.09 Å². The fourth-order valence-electron chi connectivity index (χ4n) is 6.26. The molecule has 1 aliphatic carbocycles. The van der Waals surface area contributed by atoms with E-state index < -0.39 is 0 Å². The van der Waals surface area contributed by atoms with Crippen molar-refractivity contribution in [1.29, 1.82) is 0 Å². The smallest absolute Gasteiger partial charge is 0.407 e. The third-order valence-corrected chi connectivity index (χ3v) is 8.39. The highest BCUT2D eigenvalue weighted by Gasteiger charge is 2.40. The molecule has 3 fully saturated rings. The van der Waals surface area contributed by atoms with Gasteiger partial charge in [-0.05, 0) is 96.8 Å². The largest absolute Gasteiger partial charge is 0.445 e. The van der Waals surface area contributed by atoms with Gasteiger partial charge in [0, 0.05) is 12.1 Å². The maximum atomic E-state index is 15.5. The Morgan fingerprint density at radius 1 is 1.17 bits per heavy atom. The Morgan fingerprint density at radius 2 is 1.89 bits per heavy atom. The number of hydrogen-bond acceptors (Lipinski definition) is 3. The molecule has 2 atom stereocenters. The van der Waals surface area contributed by atoms with E-state index in [9.17, 15) is 4.79 Å². The summed E-state index contributed by atoms with van der Waals surface area (Å²) in [7, 11) is 0. The first kappa shape index (κ1) is 24.3. The van der Waals surface area contributed by atoms with Crippen LogP contribution in [-0.2, 0) is 17.6 Å². The van der Waals surface area contributed by atoms with Crippen LogP contribution in [-0.4, -0.2) is 36.7 Å². The van der Waals surface area contributed by atoms with Crippen LogP contribution < -0.4 is 5.32 Å². The molecule has 1 amide bonds. The SMILES string of the molecule is CC(C)Cc1ccc(-c2cc3c(cc2F)[C@H](NC(=O)O[C@@H]2CN4CCC2CC4)C(C)(C)CC3)cc1. The molecular formula is C30H39FN2O2. The molecule has 2 aromatic rings. The number of carbonyl (C=O) groups is 1. The average Bonchev–Trinajstić information content (AvgIpc) is 2.82. The number of carbonyl (C=O) groups excluding carboxylic acids is 1. The van der Waals surface area contributed by atoms with Crippen molar-refractivity contribution in [2.75, 3.05) is 19.6 Å². The molecule has 0 unspecified atom stereocenters. The van der Waals surface area contributed by atoms with Crippen LogP contribution in [0.25, 0.3) is 11.1 Å². The van der Waals surface area contributed by atoms with E-state index in [1.165, 1.54) is 5.56 Å². The van der Waals surface area contributed by atoms with Crippen LogP contribution in [0.5, 0.6) is 0 Å².